The van der Waals surface area contributed by atoms with Crippen LogP contribution in [0, 0.1) is 5.92 Å². The Morgan fingerprint density at radius 3 is 2.43 bits per heavy atom. The minimum absolute atomic E-state index is 0.0211. The Balaban J connectivity index is 1.33. The molecule has 28 heavy (non-hydrogen) atoms. The molecule has 5 nitrogen and oxygen atoms in total. The molecule has 1 aromatic heterocycles. The van der Waals surface area contributed by atoms with E-state index in [2.05, 4.69) is 52.4 Å². The summed E-state index contributed by atoms with van der Waals surface area (Å²) >= 11 is 0. The molecule has 2 aromatic rings. The molecule has 0 saturated carbocycles. The van der Waals surface area contributed by atoms with E-state index in [-0.39, 0.29) is 5.91 Å². The fourth-order valence-corrected chi connectivity index (χ4v) is 4.47. The Hall–Kier alpha value is -2.43. The van der Waals surface area contributed by atoms with Gasteiger partial charge in [0.15, 0.2) is 11.5 Å². The molecule has 148 valence electrons. The molecule has 0 N–H and O–H groups in total. The van der Waals surface area contributed by atoms with Gasteiger partial charge in [-0.25, -0.2) is 0 Å². The van der Waals surface area contributed by atoms with Gasteiger partial charge in [-0.3, -0.25) is 4.79 Å². The number of aromatic nitrogens is 2. The lowest BCUT2D eigenvalue weighted by molar-refractivity contribution is 0.0628. The third-order valence-corrected chi connectivity index (χ3v) is 6.24. The van der Waals surface area contributed by atoms with Crippen LogP contribution in [-0.4, -0.2) is 46.7 Å². The van der Waals surface area contributed by atoms with Gasteiger partial charge in [0.25, 0.3) is 5.91 Å². The third kappa shape index (κ3) is 4.34. The SMILES string of the molecule is CC1CCCCN1C(=O)c1ccc(N2CCC(Cc3ccccc3)CC2)nn1. The third-order valence-electron chi connectivity index (χ3n) is 6.24. The average molecular weight is 379 g/mol. The van der Waals surface area contributed by atoms with E-state index in [1.54, 1.807) is 0 Å². The van der Waals surface area contributed by atoms with Crippen molar-refractivity contribution in [1.29, 1.82) is 0 Å². The Morgan fingerprint density at radius 2 is 1.75 bits per heavy atom. The van der Waals surface area contributed by atoms with Crippen LogP contribution in [-0.2, 0) is 6.42 Å². The molecule has 1 aromatic carbocycles. The van der Waals surface area contributed by atoms with Crippen LogP contribution in [0.1, 0.15) is 55.1 Å². The van der Waals surface area contributed by atoms with E-state index in [0.717, 1.165) is 50.6 Å². The molecule has 0 spiro atoms. The molecular weight excluding hydrogens is 348 g/mol. The fraction of sp³-hybridized carbons (Fsp3) is 0.522. The van der Waals surface area contributed by atoms with Gasteiger partial charge in [0.2, 0.25) is 0 Å². The number of benzene rings is 1. The first-order chi connectivity index (χ1) is 13.7. The smallest absolute Gasteiger partial charge is 0.274 e. The van der Waals surface area contributed by atoms with Crippen LogP contribution < -0.4 is 4.90 Å². The predicted octanol–water partition coefficient (Wildman–Crippen LogP) is 3.95. The van der Waals surface area contributed by atoms with E-state index in [1.807, 2.05) is 17.0 Å². The quantitative estimate of drug-likeness (QED) is 0.808. The molecule has 1 atom stereocenters. The normalized spacial score (nSPS) is 21.0. The number of carbonyl (C=O) groups is 1. The molecule has 2 aliphatic rings. The van der Waals surface area contributed by atoms with Crippen LogP contribution in [0.5, 0.6) is 0 Å². The summed E-state index contributed by atoms with van der Waals surface area (Å²) in [4.78, 5) is 17.0. The number of anilines is 1. The molecule has 2 saturated heterocycles. The summed E-state index contributed by atoms with van der Waals surface area (Å²) in [5, 5.41) is 8.65. The van der Waals surface area contributed by atoms with Crippen LogP contribution >= 0.6 is 0 Å². The highest BCUT2D eigenvalue weighted by atomic mass is 16.2. The van der Waals surface area contributed by atoms with E-state index >= 15 is 0 Å². The van der Waals surface area contributed by atoms with Gasteiger partial charge in [0.1, 0.15) is 0 Å². The number of nitrogens with zero attached hydrogens (tertiary/aromatic N) is 4. The zero-order valence-electron chi connectivity index (χ0n) is 16.8. The van der Waals surface area contributed by atoms with Gasteiger partial charge in [-0.15, -0.1) is 10.2 Å². The molecular formula is C23H30N4O. The Labute approximate surface area is 167 Å². The van der Waals surface area contributed by atoms with Gasteiger partial charge in [0, 0.05) is 25.7 Å². The summed E-state index contributed by atoms with van der Waals surface area (Å²) in [6.07, 6.45) is 6.86. The molecule has 1 unspecified atom stereocenters. The first-order valence-corrected chi connectivity index (χ1v) is 10.6. The maximum atomic E-state index is 12.7. The first kappa shape index (κ1) is 18.9. The lowest BCUT2D eigenvalue weighted by Gasteiger charge is -2.33. The number of amides is 1. The second-order valence-electron chi connectivity index (χ2n) is 8.24. The molecule has 0 bridgehead atoms. The van der Waals surface area contributed by atoms with Crippen LogP contribution in [0.25, 0.3) is 0 Å². The van der Waals surface area contributed by atoms with E-state index in [0.29, 0.717) is 11.7 Å². The van der Waals surface area contributed by atoms with Crippen LogP contribution in [0.15, 0.2) is 42.5 Å². The monoisotopic (exact) mass is 378 g/mol. The molecule has 5 heteroatoms. The fourth-order valence-electron chi connectivity index (χ4n) is 4.47. The summed E-state index contributed by atoms with van der Waals surface area (Å²) in [6, 6.07) is 14.9. The average Bonchev–Trinajstić information content (AvgIpc) is 2.75. The van der Waals surface area contributed by atoms with E-state index in [4.69, 9.17) is 0 Å². The molecule has 4 rings (SSSR count). The van der Waals surface area contributed by atoms with Crippen molar-refractivity contribution in [2.45, 2.75) is 51.5 Å². The summed E-state index contributed by atoms with van der Waals surface area (Å²) < 4.78 is 0. The second kappa shape index (κ2) is 8.72. The first-order valence-electron chi connectivity index (χ1n) is 10.6. The van der Waals surface area contributed by atoms with Gasteiger partial charge in [-0.05, 0) is 69.1 Å². The minimum atomic E-state index is 0.0211. The van der Waals surface area contributed by atoms with Crippen LogP contribution in [0.4, 0.5) is 5.82 Å². The molecule has 2 aliphatic heterocycles. The number of hydrogen-bond donors (Lipinski definition) is 0. The van der Waals surface area contributed by atoms with Gasteiger partial charge >= 0.3 is 0 Å². The van der Waals surface area contributed by atoms with Crippen molar-refractivity contribution in [1.82, 2.24) is 15.1 Å². The zero-order valence-corrected chi connectivity index (χ0v) is 16.8. The molecule has 0 radical (unpaired) electrons. The standard InChI is InChI=1S/C23H30N4O/c1-18-7-5-6-14-27(18)23(28)21-10-11-22(25-24-21)26-15-12-20(13-16-26)17-19-8-3-2-4-9-19/h2-4,8-11,18,20H,5-7,12-17H2,1H3. The van der Waals surface area contributed by atoms with E-state index in [9.17, 15) is 4.79 Å². The van der Waals surface area contributed by atoms with Crippen molar-refractivity contribution in [3.8, 4) is 0 Å². The molecule has 1 amide bonds. The van der Waals surface area contributed by atoms with Crippen LogP contribution in [0.2, 0.25) is 0 Å². The van der Waals surface area contributed by atoms with E-state index in [1.165, 1.54) is 24.8 Å². The topological polar surface area (TPSA) is 49.3 Å². The number of carbonyl (C=O) groups excluding carboxylic acids is 1. The maximum absolute atomic E-state index is 12.7. The van der Waals surface area contributed by atoms with Gasteiger partial charge in [0.05, 0.1) is 0 Å². The number of hydrogen-bond acceptors (Lipinski definition) is 4. The maximum Gasteiger partial charge on any atom is 0.274 e. The molecule has 2 fully saturated rings. The highest BCUT2D eigenvalue weighted by molar-refractivity contribution is 5.92. The van der Waals surface area contributed by atoms with Crippen molar-refractivity contribution in [3.63, 3.8) is 0 Å². The summed E-state index contributed by atoms with van der Waals surface area (Å²) in [5.74, 6) is 1.64. The lowest BCUT2D eigenvalue weighted by Crippen LogP contribution is -2.42. The van der Waals surface area contributed by atoms with Crippen molar-refractivity contribution in [3.05, 3.63) is 53.7 Å². The number of rotatable bonds is 4. The number of likely N-dealkylation sites (tertiary alicyclic amines) is 1. The highest BCUT2D eigenvalue weighted by Crippen LogP contribution is 2.25. The Kier molecular flexibility index (Phi) is 5.89. The van der Waals surface area contributed by atoms with Crippen molar-refractivity contribution in [2.24, 2.45) is 5.92 Å². The van der Waals surface area contributed by atoms with Crippen molar-refractivity contribution in [2.75, 3.05) is 24.5 Å². The number of piperidine rings is 2. The van der Waals surface area contributed by atoms with Crippen LogP contribution in [0.3, 0.4) is 0 Å². The minimum Gasteiger partial charge on any atom is -0.355 e. The molecule has 0 aliphatic carbocycles. The Bertz CT molecular complexity index is 769. The van der Waals surface area contributed by atoms with Crippen molar-refractivity contribution < 1.29 is 4.79 Å². The highest BCUT2D eigenvalue weighted by Gasteiger charge is 2.26. The van der Waals surface area contributed by atoms with Crippen molar-refractivity contribution >= 4 is 11.7 Å². The largest absolute Gasteiger partial charge is 0.355 e. The summed E-state index contributed by atoms with van der Waals surface area (Å²) in [5.41, 5.74) is 1.90. The molecule has 3 heterocycles. The second-order valence-corrected chi connectivity index (χ2v) is 8.24. The summed E-state index contributed by atoms with van der Waals surface area (Å²) in [7, 11) is 0. The predicted molar refractivity (Wildman–Crippen MR) is 111 cm³/mol. The van der Waals surface area contributed by atoms with Gasteiger partial charge in [-0.1, -0.05) is 30.3 Å². The van der Waals surface area contributed by atoms with Gasteiger partial charge in [-0.2, -0.15) is 0 Å². The Morgan fingerprint density at radius 1 is 0.964 bits per heavy atom. The lowest BCUT2D eigenvalue weighted by atomic mass is 9.90. The van der Waals surface area contributed by atoms with Gasteiger partial charge < -0.3 is 9.80 Å². The van der Waals surface area contributed by atoms with E-state index < -0.39 is 0 Å². The zero-order chi connectivity index (χ0) is 19.3. The summed E-state index contributed by atoms with van der Waals surface area (Å²) in [6.45, 7) is 4.96.